The van der Waals surface area contributed by atoms with Crippen molar-refractivity contribution in [1.82, 2.24) is 0 Å². The Morgan fingerprint density at radius 3 is 2.62 bits per heavy atom. The molecule has 80 valence electrons. The number of nitrogens with one attached hydrogen (secondary N) is 1. The van der Waals surface area contributed by atoms with Crippen LogP contribution in [0.5, 0.6) is 0 Å². The zero-order valence-electron chi connectivity index (χ0n) is 8.59. The molecule has 3 nitrogen and oxygen atoms in total. The quantitative estimate of drug-likeness (QED) is 0.626. The molecule has 16 heavy (non-hydrogen) atoms. The van der Waals surface area contributed by atoms with E-state index in [0.717, 1.165) is 5.69 Å². The summed E-state index contributed by atoms with van der Waals surface area (Å²) >= 11 is 0. The van der Waals surface area contributed by atoms with E-state index >= 15 is 0 Å². The Bertz CT molecular complexity index is 472. The zero-order valence-corrected chi connectivity index (χ0v) is 8.59. The summed E-state index contributed by atoms with van der Waals surface area (Å²) in [7, 11) is 0. The van der Waals surface area contributed by atoms with Crippen molar-refractivity contribution in [2.75, 3.05) is 5.32 Å². The molecule has 0 amide bonds. The second-order valence-electron chi connectivity index (χ2n) is 3.19. The summed E-state index contributed by atoms with van der Waals surface area (Å²) in [5.74, 6) is 0.180. The molecule has 0 spiro atoms. The lowest BCUT2D eigenvalue weighted by atomic mass is 10.3. The maximum atomic E-state index is 11.5. The Morgan fingerprint density at radius 1 is 1.12 bits per heavy atom. The minimum absolute atomic E-state index is 0.159. The first-order valence-electron chi connectivity index (χ1n) is 4.92. The monoisotopic (exact) mass is 213 g/mol. The Balaban J connectivity index is 1.93. The maximum absolute atomic E-state index is 11.5. The maximum Gasteiger partial charge on any atom is 0.222 e. The average Bonchev–Trinajstić information content (AvgIpc) is 2.84. The van der Waals surface area contributed by atoms with Gasteiger partial charge in [0.25, 0.3) is 0 Å². The summed E-state index contributed by atoms with van der Waals surface area (Å²) in [5, 5.41) is 2.99. The van der Waals surface area contributed by atoms with Gasteiger partial charge in [-0.25, -0.2) is 0 Å². The molecule has 2 aromatic rings. The van der Waals surface area contributed by atoms with E-state index in [1.807, 2.05) is 30.3 Å². The SMILES string of the molecule is O=C(/C=C/Nc1ccccc1)c1ccco1. The van der Waals surface area contributed by atoms with Crippen LogP contribution in [0.15, 0.2) is 65.4 Å². The van der Waals surface area contributed by atoms with Gasteiger partial charge in [-0.15, -0.1) is 0 Å². The minimum atomic E-state index is -0.159. The molecule has 0 atom stereocenters. The van der Waals surface area contributed by atoms with Gasteiger partial charge < -0.3 is 9.73 Å². The van der Waals surface area contributed by atoms with Crippen molar-refractivity contribution in [3.63, 3.8) is 0 Å². The van der Waals surface area contributed by atoms with Gasteiger partial charge >= 0.3 is 0 Å². The number of anilines is 1. The average molecular weight is 213 g/mol. The number of hydrogen-bond acceptors (Lipinski definition) is 3. The molecule has 1 N–H and O–H groups in total. The molecule has 0 aliphatic rings. The second-order valence-corrected chi connectivity index (χ2v) is 3.19. The van der Waals surface area contributed by atoms with Crippen molar-refractivity contribution < 1.29 is 9.21 Å². The first kappa shape index (κ1) is 10.2. The lowest BCUT2D eigenvalue weighted by Crippen LogP contribution is -1.93. The number of benzene rings is 1. The molecule has 0 saturated heterocycles. The van der Waals surface area contributed by atoms with Gasteiger partial charge in [0.1, 0.15) is 0 Å². The number of furan rings is 1. The third kappa shape index (κ3) is 2.60. The van der Waals surface area contributed by atoms with E-state index in [1.54, 1.807) is 18.3 Å². The molecule has 0 bridgehead atoms. The number of ketones is 1. The molecular weight excluding hydrogens is 202 g/mol. The molecule has 0 unspecified atom stereocenters. The summed E-state index contributed by atoms with van der Waals surface area (Å²) in [5.41, 5.74) is 0.936. The van der Waals surface area contributed by atoms with Gasteiger partial charge in [0, 0.05) is 18.0 Å². The summed E-state index contributed by atoms with van der Waals surface area (Å²) in [6.07, 6.45) is 4.51. The van der Waals surface area contributed by atoms with Crippen LogP contribution in [0.1, 0.15) is 10.6 Å². The molecule has 2 rings (SSSR count). The van der Waals surface area contributed by atoms with E-state index in [-0.39, 0.29) is 5.78 Å². The number of para-hydroxylation sites is 1. The van der Waals surface area contributed by atoms with Crippen LogP contribution in [0, 0.1) is 0 Å². The molecule has 1 aromatic heterocycles. The van der Waals surface area contributed by atoms with Crippen LogP contribution in [-0.4, -0.2) is 5.78 Å². The predicted molar refractivity (Wildman–Crippen MR) is 62.2 cm³/mol. The van der Waals surface area contributed by atoms with Gasteiger partial charge in [-0.1, -0.05) is 18.2 Å². The molecule has 1 heterocycles. The highest BCUT2D eigenvalue weighted by Crippen LogP contribution is 2.05. The Kier molecular flexibility index (Phi) is 3.18. The van der Waals surface area contributed by atoms with Gasteiger partial charge in [0.15, 0.2) is 5.76 Å². The molecule has 3 heteroatoms. The van der Waals surface area contributed by atoms with Crippen molar-refractivity contribution in [2.24, 2.45) is 0 Å². The third-order valence-corrected chi connectivity index (χ3v) is 2.02. The second kappa shape index (κ2) is 4.98. The fourth-order valence-electron chi connectivity index (χ4n) is 1.25. The van der Waals surface area contributed by atoms with Crippen molar-refractivity contribution in [1.29, 1.82) is 0 Å². The van der Waals surface area contributed by atoms with E-state index < -0.39 is 0 Å². The highest BCUT2D eigenvalue weighted by molar-refractivity contribution is 6.02. The number of hydrogen-bond donors (Lipinski definition) is 1. The lowest BCUT2D eigenvalue weighted by Gasteiger charge is -1.97. The van der Waals surface area contributed by atoms with Gasteiger partial charge in [-0.05, 0) is 24.3 Å². The van der Waals surface area contributed by atoms with Crippen molar-refractivity contribution in [2.45, 2.75) is 0 Å². The molecule has 0 radical (unpaired) electrons. The molecular formula is C13H11NO2. The van der Waals surface area contributed by atoms with Crippen LogP contribution in [0.25, 0.3) is 0 Å². The smallest absolute Gasteiger partial charge is 0.222 e. The first-order chi connectivity index (χ1) is 7.86. The Hall–Kier alpha value is -2.29. The first-order valence-corrected chi connectivity index (χ1v) is 4.92. The standard InChI is InChI=1S/C13H11NO2/c15-12(13-7-4-10-16-13)8-9-14-11-5-2-1-3-6-11/h1-10,14H/b9-8+. The minimum Gasteiger partial charge on any atom is -0.461 e. The predicted octanol–water partition coefficient (Wildman–Crippen LogP) is 3.09. The molecule has 0 aliphatic heterocycles. The Labute approximate surface area is 93.4 Å². The highest BCUT2D eigenvalue weighted by Gasteiger charge is 2.02. The summed E-state index contributed by atoms with van der Waals surface area (Å²) in [4.78, 5) is 11.5. The van der Waals surface area contributed by atoms with Crippen LogP contribution in [0.2, 0.25) is 0 Å². The van der Waals surface area contributed by atoms with Crippen LogP contribution in [0.4, 0.5) is 5.69 Å². The Morgan fingerprint density at radius 2 is 1.94 bits per heavy atom. The van der Waals surface area contributed by atoms with Gasteiger partial charge in [-0.2, -0.15) is 0 Å². The normalized spacial score (nSPS) is 10.5. The van der Waals surface area contributed by atoms with Crippen LogP contribution >= 0.6 is 0 Å². The molecule has 0 saturated carbocycles. The van der Waals surface area contributed by atoms with E-state index in [9.17, 15) is 4.79 Å². The van der Waals surface area contributed by atoms with Gasteiger partial charge in [0.05, 0.1) is 6.26 Å². The van der Waals surface area contributed by atoms with Crippen LogP contribution in [0.3, 0.4) is 0 Å². The van der Waals surface area contributed by atoms with E-state index in [0.29, 0.717) is 5.76 Å². The highest BCUT2D eigenvalue weighted by atomic mass is 16.3. The zero-order chi connectivity index (χ0) is 11.2. The van der Waals surface area contributed by atoms with Gasteiger partial charge in [-0.3, -0.25) is 4.79 Å². The fourth-order valence-corrected chi connectivity index (χ4v) is 1.25. The topological polar surface area (TPSA) is 42.2 Å². The van der Waals surface area contributed by atoms with Crippen molar-refractivity contribution in [3.8, 4) is 0 Å². The number of rotatable bonds is 4. The van der Waals surface area contributed by atoms with Crippen LogP contribution in [-0.2, 0) is 0 Å². The van der Waals surface area contributed by atoms with Crippen LogP contribution < -0.4 is 5.32 Å². The molecule has 0 aliphatic carbocycles. The van der Waals surface area contributed by atoms with Crippen molar-refractivity contribution in [3.05, 3.63) is 66.8 Å². The van der Waals surface area contributed by atoms with Crippen molar-refractivity contribution >= 4 is 11.5 Å². The number of allylic oxidation sites excluding steroid dienone is 1. The fraction of sp³-hybridized carbons (Fsp3) is 0. The molecule has 0 fully saturated rings. The van der Waals surface area contributed by atoms with E-state index in [4.69, 9.17) is 4.42 Å². The van der Waals surface area contributed by atoms with Gasteiger partial charge in [0.2, 0.25) is 5.78 Å². The molecule has 1 aromatic carbocycles. The number of carbonyl (C=O) groups excluding carboxylic acids is 1. The number of carbonyl (C=O) groups is 1. The summed E-state index contributed by atoms with van der Waals surface area (Å²) < 4.78 is 4.97. The van der Waals surface area contributed by atoms with E-state index in [2.05, 4.69) is 5.32 Å². The summed E-state index contributed by atoms with van der Waals surface area (Å²) in [6.45, 7) is 0. The van der Waals surface area contributed by atoms with E-state index in [1.165, 1.54) is 12.3 Å². The summed E-state index contributed by atoms with van der Waals surface area (Å²) in [6, 6.07) is 12.9. The third-order valence-electron chi connectivity index (χ3n) is 2.02. The lowest BCUT2D eigenvalue weighted by molar-refractivity contribution is 0.102. The largest absolute Gasteiger partial charge is 0.461 e.